The Morgan fingerprint density at radius 3 is 2.56 bits per heavy atom. The SMILES string of the molecule is COCCCN1CCC(N2CCCC(C(=O)N3CCOCC3)C2)CC1. The topological polar surface area (TPSA) is 45.2 Å². The fraction of sp³-hybridized carbons (Fsp3) is 0.947. The van der Waals surface area contributed by atoms with Gasteiger partial charge in [-0.1, -0.05) is 0 Å². The van der Waals surface area contributed by atoms with E-state index in [9.17, 15) is 4.79 Å². The highest BCUT2D eigenvalue weighted by Crippen LogP contribution is 2.25. The standard InChI is InChI=1S/C19H35N3O3/c1-24-13-3-7-20-9-5-18(6-10-20)22-8-2-4-17(16-22)19(23)21-11-14-25-15-12-21/h17-18H,2-16H2,1H3. The molecule has 6 heteroatoms. The number of carbonyl (C=O) groups is 1. The summed E-state index contributed by atoms with van der Waals surface area (Å²) in [5.41, 5.74) is 0. The van der Waals surface area contributed by atoms with Crippen molar-refractivity contribution in [3.05, 3.63) is 0 Å². The van der Waals surface area contributed by atoms with E-state index < -0.39 is 0 Å². The molecule has 3 heterocycles. The average molecular weight is 354 g/mol. The van der Waals surface area contributed by atoms with E-state index in [0.29, 0.717) is 25.2 Å². The lowest BCUT2D eigenvalue weighted by atomic mass is 9.92. The molecular weight excluding hydrogens is 318 g/mol. The van der Waals surface area contributed by atoms with Gasteiger partial charge < -0.3 is 19.3 Å². The Labute approximate surface area is 152 Å². The van der Waals surface area contributed by atoms with Gasteiger partial charge in [-0.15, -0.1) is 0 Å². The van der Waals surface area contributed by atoms with E-state index in [1.54, 1.807) is 7.11 Å². The quantitative estimate of drug-likeness (QED) is 0.668. The highest BCUT2D eigenvalue weighted by atomic mass is 16.5. The average Bonchev–Trinajstić information content (AvgIpc) is 2.69. The Morgan fingerprint density at radius 1 is 1.08 bits per heavy atom. The molecular formula is C19H35N3O3. The Bertz CT molecular complexity index is 407. The Balaban J connectivity index is 1.43. The number of amides is 1. The monoisotopic (exact) mass is 353 g/mol. The molecule has 0 saturated carbocycles. The molecule has 3 aliphatic heterocycles. The molecule has 0 aromatic heterocycles. The zero-order valence-electron chi connectivity index (χ0n) is 15.8. The second-order valence-corrected chi connectivity index (χ2v) is 7.69. The summed E-state index contributed by atoms with van der Waals surface area (Å²) in [7, 11) is 1.78. The lowest BCUT2D eigenvalue weighted by Gasteiger charge is -2.43. The van der Waals surface area contributed by atoms with Crippen molar-refractivity contribution in [2.24, 2.45) is 5.92 Å². The van der Waals surface area contributed by atoms with E-state index in [1.165, 1.54) is 32.5 Å². The molecule has 0 N–H and O–H groups in total. The van der Waals surface area contributed by atoms with Crippen LogP contribution in [-0.4, -0.2) is 99.4 Å². The molecule has 1 amide bonds. The molecule has 0 spiro atoms. The van der Waals surface area contributed by atoms with Crippen LogP contribution in [0.4, 0.5) is 0 Å². The smallest absolute Gasteiger partial charge is 0.227 e. The largest absolute Gasteiger partial charge is 0.385 e. The number of methoxy groups -OCH3 is 1. The Hall–Kier alpha value is -0.690. The number of hydrogen-bond acceptors (Lipinski definition) is 5. The van der Waals surface area contributed by atoms with Crippen LogP contribution in [0, 0.1) is 5.92 Å². The number of rotatable bonds is 6. The predicted octanol–water partition coefficient (Wildman–Crippen LogP) is 1.06. The van der Waals surface area contributed by atoms with Gasteiger partial charge in [-0.2, -0.15) is 0 Å². The number of nitrogens with zero attached hydrogens (tertiary/aromatic N) is 3. The summed E-state index contributed by atoms with van der Waals surface area (Å²) in [6.45, 7) is 9.46. The van der Waals surface area contributed by atoms with Crippen LogP contribution < -0.4 is 0 Å². The van der Waals surface area contributed by atoms with E-state index >= 15 is 0 Å². The molecule has 25 heavy (non-hydrogen) atoms. The third kappa shape index (κ3) is 5.39. The molecule has 0 aromatic rings. The van der Waals surface area contributed by atoms with Crippen LogP contribution in [0.5, 0.6) is 0 Å². The van der Waals surface area contributed by atoms with Crippen molar-refractivity contribution < 1.29 is 14.3 Å². The van der Waals surface area contributed by atoms with Crippen LogP contribution in [0.3, 0.4) is 0 Å². The van der Waals surface area contributed by atoms with Gasteiger partial charge >= 0.3 is 0 Å². The lowest BCUT2D eigenvalue weighted by Crippen LogP contribution is -2.52. The summed E-state index contributed by atoms with van der Waals surface area (Å²) in [6, 6.07) is 0.666. The van der Waals surface area contributed by atoms with Crippen LogP contribution in [0.15, 0.2) is 0 Å². The van der Waals surface area contributed by atoms with E-state index in [2.05, 4.69) is 9.80 Å². The van der Waals surface area contributed by atoms with Crippen LogP contribution in [0.25, 0.3) is 0 Å². The molecule has 3 aliphatic rings. The molecule has 3 rings (SSSR count). The van der Waals surface area contributed by atoms with Gasteiger partial charge in [-0.05, 0) is 51.7 Å². The van der Waals surface area contributed by atoms with E-state index in [1.807, 2.05) is 4.90 Å². The molecule has 1 atom stereocenters. The highest BCUT2D eigenvalue weighted by Gasteiger charge is 2.33. The second-order valence-electron chi connectivity index (χ2n) is 7.69. The van der Waals surface area contributed by atoms with Gasteiger partial charge in [0.15, 0.2) is 0 Å². The number of hydrogen-bond donors (Lipinski definition) is 0. The van der Waals surface area contributed by atoms with Crippen LogP contribution in [-0.2, 0) is 14.3 Å². The molecule has 0 radical (unpaired) electrons. The van der Waals surface area contributed by atoms with Gasteiger partial charge in [0.25, 0.3) is 0 Å². The number of morpholine rings is 1. The summed E-state index contributed by atoms with van der Waals surface area (Å²) >= 11 is 0. The minimum absolute atomic E-state index is 0.201. The third-order valence-electron chi connectivity index (χ3n) is 6.02. The molecule has 0 aromatic carbocycles. The molecule has 1 unspecified atom stereocenters. The maximum atomic E-state index is 12.8. The van der Waals surface area contributed by atoms with Crippen molar-refractivity contribution in [2.45, 2.75) is 38.1 Å². The fourth-order valence-corrected chi connectivity index (χ4v) is 4.52. The molecule has 3 fully saturated rings. The van der Waals surface area contributed by atoms with E-state index in [0.717, 1.165) is 52.0 Å². The van der Waals surface area contributed by atoms with Crippen molar-refractivity contribution >= 4 is 5.91 Å². The third-order valence-corrected chi connectivity index (χ3v) is 6.02. The van der Waals surface area contributed by atoms with Crippen LogP contribution in [0.2, 0.25) is 0 Å². The summed E-state index contributed by atoms with van der Waals surface area (Å²) < 4.78 is 10.5. The summed E-state index contributed by atoms with van der Waals surface area (Å²) in [5, 5.41) is 0. The van der Waals surface area contributed by atoms with Gasteiger partial charge in [0, 0.05) is 45.9 Å². The second kappa shape index (κ2) is 9.86. The van der Waals surface area contributed by atoms with Crippen molar-refractivity contribution in [3.8, 4) is 0 Å². The lowest BCUT2D eigenvalue weighted by molar-refractivity contribution is -0.142. The van der Waals surface area contributed by atoms with E-state index in [4.69, 9.17) is 9.47 Å². The van der Waals surface area contributed by atoms with Crippen molar-refractivity contribution in [1.82, 2.24) is 14.7 Å². The summed E-state index contributed by atoms with van der Waals surface area (Å²) in [5.74, 6) is 0.566. The van der Waals surface area contributed by atoms with Gasteiger partial charge in [0.1, 0.15) is 0 Å². The van der Waals surface area contributed by atoms with Crippen LogP contribution >= 0.6 is 0 Å². The minimum Gasteiger partial charge on any atom is -0.385 e. The first-order valence-corrected chi connectivity index (χ1v) is 10.1. The molecule has 3 saturated heterocycles. The molecule has 0 aliphatic carbocycles. The van der Waals surface area contributed by atoms with Gasteiger partial charge in [0.05, 0.1) is 19.1 Å². The van der Waals surface area contributed by atoms with Crippen molar-refractivity contribution in [2.75, 3.05) is 72.7 Å². The van der Waals surface area contributed by atoms with Gasteiger partial charge in [0.2, 0.25) is 5.91 Å². The maximum Gasteiger partial charge on any atom is 0.227 e. The molecule has 144 valence electrons. The summed E-state index contributed by atoms with van der Waals surface area (Å²) in [6.07, 6.45) is 5.83. The molecule has 0 bridgehead atoms. The van der Waals surface area contributed by atoms with Crippen LogP contribution in [0.1, 0.15) is 32.1 Å². The normalized spacial score (nSPS) is 27.6. The Morgan fingerprint density at radius 2 is 1.84 bits per heavy atom. The number of carbonyl (C=O) groups excluding carboxylic acids is 1. The zero-order valence-corrected chi connectivity index (χ0v) is 15.8. The minimum atomic E-state index is 0.201. The predicted molar refractivity (Wildman–Crippen MR) is 97.7 cm³/mol. The van der Waals surface area contributed by atoms with E-state index in [-0.39, 0.29) is 5.92 Å². The number of likely N-dealkylation sites (tertiary alicyclic amines) is 2. The van der Waals surface area contributed by atoms with Crippen molar-refractivity contribution in [1.29, 1.82) is 0 Å². The maximum absolute atomic E-state index is 12.8. The first-order valence-electron chi connectivity index (χ1n) is 10.1. The van der Waals surface area contributed by atoms with Gasteiger partial charge in [-0.25, -0.2) is 0 Å². The number of ether oxygens (including phenoxy) is 2. The fourth-order valence-electron chi connectivity index (χ4n) is 4.52. The first kappa shape index (κ1) is 19.1. The first-order chi connectivity index (χ1) is 12.3. The highest BCUT2D eigenvalue weighted by molar-refractivity contribution is 5.79. The molecule has 6 nitrogen and oxygen atoms in total. The van der Waals surface area contributed by atoms with Gasteiger partial charge in [-0.3, -0.25) is 9.69 Å². The zero-order chi connectivity index (χ0) is 17.5. The Kier molecular flexibility index (Phi) is 7.52. The number of piperidine rings is 2. The van der Waals surface area contributed by atoms with Crippen molar-refractivity contribution in [3.63, 3.8) is 0 Å². The summed E-state index contributed by atoms with van der Waals surface area (Å²) in [4.78, 5) is 20.0.